The van der Waals surface area contributed by atoms with Gasteiger partial charge in [-0.2, -0.15) is 0 Å². The minimum Gasteiger partial charge on any atom is -0.450 e. The van der Waals surface area contributed by atoms with Gasteiger partial charge < -0.3 is 19.9 Å². The van der Waals surface area contributed by atoms with Crippen molar-refractivity contribution in [3.8, 4) is 0 Å². The van der Waals surface area contributed by atoms with Crippen LogP contribution in [-0.4, -0.2) is 59.6 Å². The van der Waals surface area contributed by atoms with Crippen molar-refractivity contribution in [1.29, 1.82) is 0 Å². The monoisotopic (exact) mass is 368 g/mol. The van der Waals surface area contributed by atoms with E-state index in [4.69, 9.17) is 4.74 Å². The minimum absolute atomic E-state index is 0.123. The molecule has 1 N–H and O–H groups in total. The predicted molar refractivity (Wildman–Crippen MR) is 103 cm³/mol. The molecule has 0 atom stereocenters. The fraction of sp³-hybridized carbons (Fsp3) is 0.350. The summed E-state index contributed by atoms with van der Waals surface area (Å²) in [5, 5.41) is 3.32. The van der Waals surface area contributed by atoms with Crippen LogP contribution in [0.4, 0.5) is 10.5 Å². The molecule has 0 bridgehead atoms. The number of nitrogens with one attached hydrogen (secondary N) is 1. The number of benzene rings is 1. The number of nitrogens with zero attached hydrogens (tertiary/aromatic N) is 3. The SMILES string of the molecule is CCOC(=O)N1CCN(C(=O)c2cc(NCc3ccccc3)ccn2)CC1. The smallest absolute Gasteiger partial charge is 0.409 e. The Hall–Kier alpha value is -3.09. The second-order valence-electron chi connectivity index (χ2n) is 6.25. The number of rotatable bonds is 5. The maximum Gasteiger partial charge on any atom is 0.409 e. The van der Waals surface area contributed by atoms with Crippen LogP contribution in [-0.2, 0) is 11.3 Å². The number of amides is 2. The highest BCUT2D eigenvalue weighted by molar-refractivity contribution is 5.93. The van der Waals surface area contributed by atoms with Gasteiger partial charge in [-0.3, -0.25) is 9.78 Å². The van der Waals surface area contributed by atoms with Crippen LogP contribution in [0.2, 0.25) is 0 Å². The summed E-state index contributed by atoms with van der Waals surface area (Å²) in [5.74, 6) is -0.123. The number of carbonyl (C=O) groups is 2. The maximum atomic E-state index is 12.7. The molecule has 2 aromatic rings. The number of ether oxygens (including phenoxy) is 1. The molecule has 1 aromatic heterocycles. The Morgan fingerprint density at radius 2 is 1.78 bits per heavy atom. The molecule has 2 heterocycles. The van der Waals surface area contributed by atoms with Gasteiger partial charge in [0.05, 0.1) is 6.61 Å². The molecular formula is C20H24N4O3. The molecule has 0 radical (unpaired) electrons. The summed E-state index contributed by atoms with van der Waals surface area (Å²) in [5.41, 5.74) is 2.41. The van der Waals surface area contributed by atoms with Crippen molar-refractivity contribution in [2.75, 3.05) is 38.1 Å². The van der Waals surface area contributed by atoms with Crippen LogP contribution in [0.3, 0.4) is 0 Å². The second kappa shape index (κ2) is 9.02. The molecule has 1 saturated heterocycles. The molecule has 0 aliphatic carbocycles. The van der Waals surface area contributed by atoms with Crippen LogP contribution in [0.1, 0.15) is 23.0 Å². The third-order valence-electron chi connectivity index (χ3n) is 4.41. The lowest BCUT2D eigenvalue weighted by Crippen LogP contribution is -2.50. The van der Waals surface area contributed by atoms with Crippen molar-refractivity contribution >= 4 is 17.7 Å². The van der Waals surface area contributed by atoms with Crippen LogP contribution in [0, 0.1) is 0 Å². The number of piperazine rings is 1. The van der Waals surface area contributed by atoms with E-state index >= 15 is 0 Å². The maximum absolute atomic E-state index is 12.7. The standard InChI is InChI=1S/C20H24N4O3/c1-2-27-20(26)24-12-10-23(11-13-24)19(25)18-14-17(8-9-21-18)22-15-16-6-4-3-5-7-16/h3-9,14H,2,10-13,15H2,1H3,(H,21,22). The second-order valence-corrected chi connectivity index (χ2v) is 6.25. The van der Waals surface area contributed by atoms with E-state index in [9.17, 15) is 9.59 Å². The van der Waals surface area contributed by atoms with Gasteiger partial charge in [0.2, 0.25) is 0 Å². The predicted octanol–water partition coefficient (Wildman–Crippen LogP) is 2.61. The zero-order valence-electron chi connectivity index (χ0n) is 15.4. The van der Waals surface area contributed by atoms with Crippen molar-refractivity contribution in [1.82, 2.24) is 14.8 Å². The molecule has 2 amide bonds. The Balaban J connectivity index is 1.57. The van der Waals surface area contributed by atoms with Crippen LogP contribution in [0.5, 0.6) is 0 Å². The first-order chi connectivity index (χ1) is 13.2. The summed E-state index contributed by atoms with van der Waals surface area (Å²) < 4.78 is 5.00. The Morgan fingerprint density at radius 3 is 2.48 bits per heavy atom. The van der Waals surface area contributed by atoms with E-state index in [1.54, 1.807) is 29.0 Å². The summed E-state index contributed by atoms with van der Waals surface area (Å²) in [7, 11) is 0. The Labute approximate surface area is 158 Å². The summed E-state index contributed by atoms with van der Waals surface area (Å²) >= 11 is 0. The highest BCUT2D eigenvalue weighted by atomic mass is 16.6. The van der Waals surface area contributed by atoms with Crippen LogP contribution in [0.15, 0.2) is 48.7 Å². The fourth-order valence-corrected chi connectivity index (χ4v) is 2.93. The van der Waals surface area contributed by atoms with Crippen molar-refractivity contribution < 1.29 is 14.3 Å². The summed E-state index contributed by atoms with van der Waals surface area (Å²) in [6.45, 7) is 4.69. The number of hydrogen-bond acceptors (Lipinski definition) is 5. The van der Waals surface area contributed by atoms with Crippen LogP contribution >= 0.6 is 0 Å². The van der Waals surface area contributed by atoms with Gasteiger partial charge in [-0.1, -0.05) is 30.3 Å². The van der Waals surface area contributed by atoms with Gasteiger partial charge in [-0.15, -0.1) is 0 Å². The Kier molecular flexibility index (Phi) is 6.25. The molecule has 3 rings (SSSR count). The van der Waals surface area contributed by atoms with Crippen LogP contribution < -0.4 is 5.32 Å². The molecule has 0 unspecified atom stereocenters. The molecule has 27 heavy (non-hydrogen) atoms. The average Bonchev–Trinajstić information content (AvgIpc) is 2.73. The number of carbonyl (C=O) groups excluding carboxylic acids is 2. The van der Waals surface area contributed by atoms with Crippen LogP contribution in [0.25, 0.3) is 0 Å². The molecule has 1 fully saturated rings. The Bertz CT molecular complexity index is 774. The summed E-state index contributed by atoms with van der Waals surface area (Å²) in [4.78, 5) is 32.0. The number of pyridine rings is 1. The number of hydrogen-bond donors (Lipinski definition) is 1. The zero-order chi connectivity index (χ0) is 19.1. The molecule has 1 aromatic carbocycles. The van der Waals surface area contributed by atoms with Crippen molar-refractivity contribution in [3.05, 3.63) is 59.9 Å². The van der Waals surface area contributed by atoms with Crippen molar-refractivity contribution in [3.63, 3.8) is 0 Å². The normalized spacial score (nSPS) is 14.0. The van der Waals surface area contributed by atoms with E-state index in [0.29, 0.717) is 45.0 Å². The highest BCUT2D eigenvalue weighted by Gasteiger charge is 2.26. The lowest BCUT2D eigenvalue weighted by molar-refractivity contribution is 0.0566. The highest BCUT2D eigenvalue weighted by Crippen LogP contribution is 2.13. The van der Waals surface area contributed by atoms with E-state index < -0.39 is 0 Å². The van der Waals surface area contributed by atoms with Gasteiger partial charge in [0.15, 0.2) is 0 Å². The van der Waals surface area contributed by atoms with E-state index in [0.717, 1.165) is 11.3 Å². The van der Waals surface area contributed by atoms with Gasteiger partial charge in [-0.05, 0) is 24.6 Å². The molecule has 1 aliphatic heterocycles. The zero-order valence-corrected chi connectivity index (χ0v) is 15.4. The molecular weight excluding hydrogens is 344 g/mol. The average molecular weight is 368 g/mol. The first-order valence-corrected chi connectivity index (χ1v) is 9.12. The first-order valence-electron chi connectivity index (χ1n) is 9.12. The van der Waals surface area contributed by atoms with Crippen molar-refractivity contribution in [2.24, 2.45) is 0 Å². The van der Waals surface area contributed by atoms with E-state index in [2.05, 4.69) is 10.3 Å². The first kappa shape index (κ1) is 18.7. The fourth-order valence-electron chi connectivity index (χ4n) is 2.93. The molecule has 0 saturated carbocycles. The van der Waals surface area contributed by atoms with Gasteiger partial charge in [0.25, 0.3) is 5.91 Å². The number of anilines is 1. The largest absolute Gasteiger partial charge is 0.450 e. The lowest BCUT2D eigenvalue weighted by Gasteiger charge is -2.33. The van der Waals surface area contributed by atoms with E-state index in [-0.39, 0.29) is 12.0 Å². The quantitative estimate of drug-likeness (QED) is 0.878. The molecule has 7 nitrogen and oxygen atoms in total. The molecule has 7 heteroatoms. The van der Waals surface area contributed by atoms with E-state index in [1.807, 2.05) is 36.4 Å². The topological polar surface area (TPSA) is 74.8 Å². The van der Waals surface area contributed by atoms with Gasteiger partial charge >= 0.3 is 6.09 Å². The van der Waals surface area contributed by atoms with Gasteiger partial charge in [-0.25, -0.2) is 4.79 Å². The van der Waals surface area contributed by atoms with Crippen molar-refractivity contribution in [2.45, 2.75) is 13.5 Å². The van der Waals surface area contributed by atoms with Gasteiger partial charge in [0.1, 0.15) is 5.69 Å². The van der Waals surface area contributed by atoms with E-state index in [1.165, 1.54) is 0 Å². The van der Waals surface area contributed by atoms with Gasteiger partial charge in [0, 0.05) is 44.6 Å². The third-order valence-corrected chi connectivity index (χ3v) is 4.41. The Morgan fingerprint density at radius 1 is 1.07 bits per heavy atom. The third kappa shape index (κ3) is 4.97. The molecule has 142 valence electrons. The summed E-state index contributed by atoms with van der Waals surface area (Å²) in [6.07, 6.45) is 1.31. The molecule has 1 aliphatic rings. The minimum atomic E-state index is -0.324. The number of aromatic nitrogens is 1. The summed E-state index contributed by atoms with van der Waals surface area (Å²) in [6, 6.07) is 13.7. The lowest BCUT2D eigenvalue weighted by atomic mass is 10.2. The molecule has 0 spiro atoms.